The van der Waals surface area contributed by atoms with Crippen molar-refractivity contribution in [1.29, 1.82) is 0 Å². The highest BCUT2D eigenvalue weighted by Gasteiger charge is 2.18. The molecule has 0 unspecified atom stereocenters. The summed E-state index contributed by atoms with van der Waals surface area (Å²) in [5.41, 5.74) is 6.73. The van der Waals surface area contributed by atoms with Gasteiger partial charge in [-0.1, -0.05) is 35.2 Å². The van der Waals surface area contributed by atoms with Crippen molar-refractivity contribution in [1.82, 2.24) is 0 Å². The molecular weight excluding hydrogens is 374 g/mol. The van der Waals surface area contributed by atoms with Crippen LogP contribution in [0.3, 0.4) is 0 Å². The third-order valence-corrected chi connectivity index (χ3v) is 4.60. The number of ether oxygens (including phenoxy) is 1. The van der Waals surface area contributed by atoms with Gasteiger partial charge in [0.2, 0.25) is 0 Å². The largest absolute Gasteiger partial charge is 0.462 e. The summed E-state index contributed by atoms with van der Waals surface area (Å²) < 4.78 is 6.90. The van der Waals surface area contributed by atoms with Crippen LogP contribution in [0.5, 0.6) is 0 Å². The zero-order chi connectivity index (χ0) is 13.8. The fourth-order valence-corrected chi connectivity index (χ4v) is 3.60. The smallest absolute Gasteiger partial charge is 0.340 e. The third-order valence-electron chi connectivity index (χ3n) is 3.49. The van der Waals surface area contributed by atoms with Gasteiger partial charge < -0.3 is 10.5 Å². The number of carbonyl (C=O) groups is 1. The van der Waals surface area contributed by atoms with Gasteiger partial charge in [0.05, 0.1) is 17.9 Å². The van der Waals surface area contributed by atoms with Crippen LogP contribution in [0.15, 0.2) is 21.1 Å². The molecule has 1 aromatic rings. The molecule has 0 bridgehead atoms. The molecule has 0 heterocycles. The normalized spacial score (nSPS) is 16.3. The van der Waals surface area contributed by atoms with Gasteiger partial charge in [-0.15, -0.1) is 0 Å². The minimum Gasteiger partial charge on any atom is -0.462 e. The van der Waals surface area contributed by atoms with Crippen LogP contribution in [-0.2, 0) is 4.74 Å². The number of nitrogens with two attached hydrogens (primary N) is 1. The van der Waals surface area contributed by atoms with E-state index in [1.807, 2.05) is 6.07 Å². The number of hydrogen-bond acceptors (Lipinski definition) is 3. The molecule has 1 saturated carbocycles. The van der Waals surface area contributed by atoms with Crippen LogP contribution in [-0.4, -0.2) is 12.6 Å². The van der Waals surface area contributed by atoms with Crippen molar-refractivity contribution in [2.75, 3.05) is 12.3 Å². The summed E-state index contributed by atoms with van der Waals surface area (Å²) in [5, 5.41) is 0. The Morgan fingerprint density at radius 1 is 1.26 bits per heavy atom. The molecule has 0 amide bonds. The van der Waals surface area contributed by atoms with Crippen LogP contribution in [0.4, 0.5) is 5.69 Å². The van der Waals surface area contributed by atoms with Crippen molar-refractivity contribution in [3.63, 3.8) is 0 Å². The Labute approximate surface area is 130 Å². The minimum atomic E-state index is -0.343. The second-order valence-electron chi connectivity index (χ2n) is 4.95. The fourth-order valence-electron chi connectivity index (χ4n) is 2.38. The summed E-state index contributed by atoms with van der Waals surface area (Å²) in [6.45, 7) is 0.502. The molecule has 3 nitrogen and oxygen atoms in total. The minimum absolute atomic E-state index is 0.343. The molecule has 0 aromatic heterocycles. The van der Waals surface area contributed by atoms with Crippen LogP contribution in [0.1, 0.15) is 42.5 Å². The van der Waals surface area contributed by atoms with E-state index in [9.17, 15) is 4.79 Å². The number of esters is 1. The maximum atomic E-state index is 12.1. The van der Waals surface area contributed by atoms with Gasteiger partial charge in [-0.2, -0.15) is 0 Å². The molecule has 1 aliphatic carbocycles. The summed E-state index contributed by atoms with van der Waals surface area (Å²) in [6, 6.07) is 3.51. The first-order valence-corrected chi connectivity index (χ1v) is 8.08. The van der Waals surface area contributed by atoms with E-state index < -0.39 is 0 Å². The second-order valence-corrected chi connectivity index (χ2v) is 6.72. The van der Waals surface area contributed by atoms with Crippen LogP contribution >= 0.6 is 31.9 Å². The highest BCUT2D eigenvalue weighted by Crippen LogP contribution is 2.29. The van der Waals surface area contributed by atoms with Gasteiger partial charge in [0, 0.05) is 8.95 Å². The Morgan fingerprint density at radius 2 is 1.95 bits per heavy atom. The standard InChI is InChI=1S/C14H17Br2NO2/c15-10-6-11(13(17)12(16)7-10)14(18)19-8-9-4-2-1-3-5-9/h6-7,9H,1-5,8,17H2. The van der Waals surface area contributed by atoms with E-state index in [2.05, 4.69) is 31.9 Å². The number of anilines is 1. The SMILES string of the molecule is Nc1c(Br)cc(Br)cc1C(=O)OCC1CCCCC1. The maximum absolute atomic E-state index is 12.1. The highest BCUT2D eigenvalue weighted by atomic mass is 79.9. The topological polar surface area (TPSA) is 52.3 Å². The summed E-state index contributed by atoms with van der Waals surface area (Å²) >= 11 is 6.68. The maximum Gasteiger partial charge on any atom is 0.340 e. The van der Waals surface area contributed by atoms with Crippen molar-refractivity contribution >= 4 is 43.5 Å². The average molecular weight is 391 g/mol. The Morgan fingerprint density at radius 3 is 2.63 bits per heavy atom. The van der Waals surface area contributed by atoms with Gasteiger partial charge in [-0.25, -0.2) is 4.79 Å². The monoisotopic (exact) mass is 389 g/mol. The molecule has 2 N–H and O–H groups in total. The molecule has 0 radical (unpaired) electrons. The lowest BCUT2D eigenvalue weighted by Crippen LogP contribution is -2.17. The first-order chi connectivity index (χ1) is 9.08. The molecule has 19 heavy (non-hydrogen) atoms. The van der Waals surface area contributed by atoms with Gasteiger partial charge in [-0.05, 0) is 46.8 Å². The number of hydrogen-bond donors (Lipinski definition) is 1. The Kier molecular flexibility index (Phi) is 5.28. The van der Waals surface area contributed by atoms with Gasteiger partial charge in [-0.3, -0.25) is 0 Å². The van der Waals surface area contributed by atoms with Gasteiger partial charge in [0.1, 0.15) is 0 Å². The lowest BCUT2D eigenvalue weighted by atomic mass is 9.90. The molecule has 0 saturated heterocycles. The van der Waals surface area contributed by atoms with Crippen molar-refractivity contribution in [3.05, 3.63) is 26.6 Å². The van der Waals surface area contributed by atoms with Crippen molar-refractivity contribution in [2.45, 2.75) is 32.1 Å². The molecule has 1 aliphatic rings. The zero-order valence-electron chi connectivity index (χ0n) is 10.6. The number of halogens is 2. The molecular formula is C14H17Br2NO2. The summed E-state index contributed by atoms with van der Waals surface area (Å²) in [4.78, 5) is 12.1. The van der Waals surface area contributed by atoms with E-state index >= 15 is 0 Å². The molecule has 1 fully saturated rings. The lowest BCUT2D eigenvalue weighted by molar-refractivity contribution is 0.0411. The first-order valence-electron chi connectivity index (χ1n) is 6.49. The summed E-state index contributed by atoms with van der Waals surface area (Å²) in [6.07, 6.45) is 6.10. The highest BCUT2D eigenvalue weighted by molar-refractivity contribution is 9.11. The van der Waals surface area contributed by atoms with E-state index in [-0.39, 0.29) is 5.97 Å². The predicted molar refractivity (Wildman–Crippen MR) is 83.1 cm³/mol. The Hall–Kier alpha value is -0.550. The molecule has 0 spiro atoms. The molecule has 0 atom stereocenters. The molecule has 2 rings (SSSR count). The van der Waals surface area contributed by atoms with Crippen LogP contribution in [0.25, 0.3) is 0 Å². The van der Waals surface area contributed by atoms with Gasteiger partial charge >= 0.3 is 5.97 Å². The number of benzene rings is 1. The Balaban J connectivity index is 1.99. The third kappa shape index (κ3) is 3.96. The fraction of sp³-hybridized carbons (Fsp3) is 0.500. The van der Waals surface area contributed by atoms with E-state index in [1.54, 1.807) is 6.07 Å². The molecule has 104 valence electrons. The van der Waals surface area contributed by atoms with Crippen LogP contribution in [0, 0.1) is 5.92 Å². The van der Waals surface area contributed by atoms with E-state index in [4.69, 9.17) is 10.5 Å². The summed E-state index contributed by atoms with van der Waals surface area (Å²) in [7, 11) is 0. The number of nitrogen functional groups attached to an aromatic ring is 1. The van der Waals surface area contributed by atoms with Crippen molar-refractivity contribution in [2.24, 2.45) is 5.92 Å². The predicted octanol–water partition coefficient (Wildman–Crippen LogP) is 4.53. The summed E-state index contributed by atoms with van der Waals surface area (Å²) in [5.74, 6) is 0.166. The molecule has 1 aromatic carbocycles. The quantitative estimate of drug-likeness (QED) is 0.609. The van der Waals surface area contributed by atoms with E-state index in [0.717, 1.165) is 17.3 Å². The van der Waals surface area contributed by atoms with Crippen molar-refractivity contribution < 1.29 is 9.53 Å². The van der Waals surface area contributed by atoms with Crippen LogP contribution < -0.4 is 5.73 Å². The second kappa shape index (κ2) is 6.75. The number of carbonyl (C=O) groups excluding carboxylic acids is 1. The van der Waals surface area contributed by atoms with E-state index in [0.29, 0.717) is 28.2 Å². The molecule has 0 aliphatic heterocycles. The number of rotatable bonds is 3. The molecule has 5 heteroatoms. The Bertz CT molecular complexity index is 471. The lowest BCUT2D eigenvalue weighted by Gasteiger charge is -2.21. The van der Waals surface area contributed by atoms with Gasteiger partial charge in [0.25, 0.3) is 0 Å². The van der Waals surface area contributed by atoms with Gasteiger partial charge in [0.15, 0.2) is 0 Å². The first kappa shape index (κ1) is 14.9. The van der Waals surface area contributed by atoms with E-state index in [1.165, 1.54) is 19.3 Å². The average Bonchev–Trinajstić information content (AvgIpc) is 2.41. The van der Waals surface area contributed by atoms with Crippen LogP contribution in [0.2, 0.25) is 0 Å². The van der Waals surface area contributed by atoms with Crippen molar-refractivity contribution in [3.8, 4) is 0 Å². The zero-order valence-corrected chi connectivity index (χ0v) is 13.8.